The van der Waals surface area contributed by atoms with Crippen LogP contribution in [0.25, 0.3) is 0 Å². The van der Waals surface area contributed by atoms with Crippen LogP contribution in [0.15, 0.2) is 10.9 Å². The number of aliphatic hydroxyl groups excluding tert-OH is 2. The first-order valence-electron chi connectivity index (χ1n) is 6.35. The van der Waals surface area contributed by atoms with Crippen molar-refractivity contribution in [3.05, 3.63) is 22.2 Å². The first-order valence-corrected chi connectivity index (χ1v) is 6.35. The molecule has 4 N–H and O–H groups in total. The highest BCUT2D eigenvalue weighted by Crippen LogP contribution is 2.33. The maximum atomic E-state index is 12.1. The van der Waals surface area contributed by atoms with Crippen molar-refractivity contribution < 1.29 is 37.9 Å². The summed E-state index contributed by atoms with van der Waals surface area (Å²) in [5.74, 6) is -0.0926. The van der Waals surface area contributed by atoms with Gasteiger partial charge in [-0.2, -0.15) is 4.98 Å². The fourth-order valence-electron chi connectivity index (χ4n) is 2.23. The first-order chi connectivity index (χ1) is 10.6. The van der Waals surface area contributed by atoms with Gasteiger partial charge >= 0.3 is 12.1 Å². The van der Waals surface area contributed by atoms with Crippen molar-refractivity contribution in [2.24, 2.45) is 0 Å². The predicted molar refractivity (Wildman–Crippen MR) is 66.7 cm³/mol. The second kappa shape index (κ2) is 6.41. The number of nitrogens with two attached hydrogens (primary N) is 1. The second-order valence-electron chi connectivity index (χ2n) is 4.80. The Kier molecular flexibility index (Phi) is 4.91. The maximum Gasteiger partial charge on any atom is 0.549 e. The highest BCUT2D eigenvalue weighted by molar-refractivity contribution is 5.28. The average molecular weight is 341 g/mol. The fraction of sp³-hybridized carbons (Fsp3) is 0.636. The van der Waals surface area contributed by atoms with E-state index in [1.54, 1.807) is 0 Å². The smallest absolute Gasteiger partial charge is 0.394 e. The largest absolute Gasteiger partial charge is 0.549 e. The fourth-order valence-corrected chi connectivity index (χ4v) is 2.23. The van der Waals surface area contributed by atoms with Crippen molar-refractivity contribution >= 4 is 5.82 Å². The molecular weight excluding hydrogens is 327 g/mol. The number of anilines is 1. The summed E-state index contributed by atoms with van der Waals surface area (Å²) in [6.45, 7) is 0.725. The summed E-state index contributed by atoms with van der Waals surface area (Å²) in [5.41, 5.74) is 4.69. The molecule has 1 fully saturated rings. The van der Waals surface area contributed by atoms with Crippen LogP contribution in [0.5, 0.6) is 0 Å². The number of hydrogen-bond acceptors (Lipinski definition) is 8. The second-order valence-corrected chi connectivity index (χ2v) is 4.80. The number of alkyl halides is 3. The molecule has 0 aromatic carbocycles. The summed E-state index contributed by atoms with van der Waals surface area (Å²) in [6.07, 6.45) is -11.3. The minimum atomic E-state index is -5.12. The van der Waals surface area contributed by atoms with Crippen LogP contribution in [0, 0.1) is 6.92 Å². The lowest BCUT2D eigenvalue weighted by Gasteiger charge is -2.22. The molecular formula is C11H14F3N3O6. The van der Waals surface area contributed by atoms with Gasteiger partial charge in [-0.25, -0.2) is 9.68 Å². The van der Waals surface area contributed by atoms with Crippen LogP contribution < -0.4 is 11.4 Å². The average Bonchev–Trinajstić information content (AvgIpc) is 2.71. The molecule has 2 heterocycles. The van der Waals surface area contributed by atoms with Crippen LogP contribution in [0.2, 0.25) is 0 Å². The van der Waals surface area contributed by atoms with Crippen LogP contribution >= 0.6 is 0 Å². The molecule has 2 unspecified atom stereocenters. The number of halogens is 3. The summed E-state index contributed by atoms with van der Waals surface area (Å²) in [6, 6.07) is 1.28. The molecule has 1 aliphatic rings. The Morgan fingerprint density at radius 3 is 2.70 bits per heavy atom. The molecule has 23 heavy (non-hydrogen) atoms. The van der Waals surface area contributed by atoms with Crippen LogP contribution in [0.1, 0.15) is 11.9 Å². The van der Waals surface area contributed by atoms with Gasteiger partial charge in [-0.1, -0.05) is 0 Å². The summed E-state index contributed by atoms with van der Waals surface area (Å²) in [5, 5.41) is 19.0. The van der Waals surface area contributed by atoms with Crippen molar-refractivity contribution in [2.45, 2.75) is 37.8 Å². The molecule has 9 nitrogen and oxygen atoms in total. The normalized spacial score (nSPS) is 28.3. The van der Waals surface area contributed by atoms with E-state index < -0.39 is 43.2 Å². The number of aliphatic hydroxyl groups is 2. The van der Waals surface area contributed by atoms with Gasteiger partial charge in [-0.15, -0.1) is 18.1 Å². The summed E-state index contributed by atoms with van der Waals surface area (Å²) >= 11 is 0. The lowest BCUT2D eigenvalue weighted by atomic mass is 10.1. The van der Waals surface area contributed by atoms with Gasteiger partial charge in [0.2, 0.25) is 0 Å². The Hall–Kier alpha value is -1.73. The van der Waals surface area contributed by atoms with Crippen molar-refractivity contribution in [3.8, 4) is 0 Å². The van der Waals surface area contributed by atoms with Crippen LogP contribution in [0.4, 0.5) is 19.0 Å². The van der Waals surface area contributed by atoms with Crippen LogP contribution in [-0.4, -0.2) is 51.0 Å². The first kappa shape index (κ1) is 17.6. The number of nitrogens with zero attached hydrogens (tertiary/aromatic N) is 2. The van der Waals surface area contributed by atoms with Gasteiger partial charge in [0.05, 0.1) is 6.61 Å². The van der Waals surface area contributed by atoms with Gasteiger partial charge in [0.25, 0.3) is 0 Å². The molecule has 0 bridgehead atoms. The third-order valence-corrected chi connectivity index (χ3v) is 3.17. The van der Waals surface area contributed by atoms with E-state index in [0.717, 1.165) is 4.57 Å². The minimum Gasteiger partial charge on any atom is -0.394 e. The molecule has 130 valence electrons. The molecule has 1 aliphatic heterocycles. The molecule has 0 radical (unpaired) electrons. The van der Waals surface area contributed by atoms with Gasteiger partial charge in [-0.05, 0) is 13.0 Å². The molecule has 0 amide bonds. The van der Waals surface area contributed by atoms with E-state index in [2.05, 4.69) is 14.8 Å². The molecule has 12 heteroatoms. The lowest BCUT2D eigenvalue weighted by Crippen LogP contribution is -2.40. The van der Waals surface area contributed by atoms with E-state index in [1.807, 2.05) is 0 Å². The Morgan fingerprint density at radius 2 is 2.17 bits per heavy atom. The molecule has 0 spiro atoms. The Morgan fingerprint density at radius 1 is 1.52 bits per heavy atom. The van der Waals surface area contributed by atoms with Crippen molar-refractivity contribution in [1.29, 1.82) is 0 Å². The molecule has 4 atom stereocenters. The standard InChI is InChI=1S/C11H14F3N3O6/c1-4-2-6(15)16-10(20)17(4)9-8(22-23-11(12,13)14)7(19)5(3-18)21-9/h2,5,7-9,18-19H,3H2,1H3,(H2,15,16,20)/t5-,7?,8?,9-/m1/s1. The van der Waals surface area contributed by atoms with Crippen molar-refractivity contribution in [3.63, 3.8) is 0 Å². The van der Waals surface area contributed by atoms with Gasteiger partial charge in [0.1, 0.15) is 18.0 Å². The molecule has 1 saturated heterocycles. The molecule has 2 rings (SSSR count). The molecule has 0 aliphatic carbocycles. The summed E-state index contributed by atoms with van der Waals surface area (Å²) < 4.78 is 42.5. The lowest BCUT2D eigenvalue weighted by molar-refractivity contribution is -0.503. The summed E-state index contributed by atoms with van der Waals surface area (Å²) in [7, 11) is 0. The minimum absolute atomic E-state index is 0.0926. The van der Waals surface area contributed by atoms with Crippen LogP contribution in [-0.2, 0) is 14.5 Å². The molecule has 0 saturated carbocycles. The number of rotatable bonds is 4. The number of ether oxygens (including phenoxy) is 1. The van der Waals surface area contributed by atoms with Crippen molar-refractivity contribution in [1.82, 2.24) is 9.55 Å². The zero-order valence-corrected chi connectivity index (χ0v) is 11.7. The maximum absolute atomic E-state index is 12.1. The van der Waals surface area contributed by atoms with E-state index in [4.69, 9.17) is 15.6 Å². The number of hydrogen-bond donors (Lipinski definition) is 3. The van der Waals surface area contributed by atoms with Gasteiger partial charge in [0.15, 0.2) is 12.3 Å². The third-order valence-electron chi connectivity index (χ3n) is 3.17. The SMILES string of the molecule is Cc1cc(N)nc(=O)n1[C@@H]1O[C@H](CO)C(O)C1OOC(F)(F)F. The third kappa shape index (κ3) is 3.79. The zero-order chi connectivity index (χ0) is 17.4. The van der Waals surface area contributed by atoms with Crippen LogP contribution in [0.3, 0.4) is 0 Å². The number of aryl methyl sites for hydroxylation is 1. The monoisotopic (exact) mass is 341 g/mol. The van der Waals surface area contributed by atoms with E-state index >= 15 is 0 Å². The van der Waals surface area contributed by atoms with E-state index in [9.17, 15) is 23.1 Å². The van der Waals surface area contributed by atoms with Crippen molar-refractivity contribution in [2.75, 3.05) is 12.3 Å². The topological polar surface area (TPSA) is 129 Å². The Balaban J connectivity index is 2.36. The van der Waals surface area contributed by atoms with Gasteiger partial charge < -0.3 is 20.7 Å². The molecule has 1 aromatic heterocycles. The van der Waals surface area contributed by atoms with E-state index in [-0.39, 0.29) is 11.5 Å². The predicted octanol–water partition coefficient (Wildman–Crippen LogP) is -0.779. The molecule has 1 aromatic rings. The highest BCUT2D eigenvalue weighted by atomic mass is 19.4. The highest BCUT2D eigenvalue weighted by Gasteiger charge is 2.49. The zero-order valence-electron chi connectivity index (χ0n) is 11.7. The number of aromatic nitrogens is 2. The van der Waals surface area contributed by atoms with E-state index in [0.29, 0.717) is 0 Å². The van der Waals surface area contributed by atoms with Gasteiger partial charge in [0, 0.05) is 5.69 Å². The Bertz CT molecular complexity index is 622. The number of nitrogen functional groups attached to an aromatic ring is 1. The quantitative estimate of drug-likeness (QED) is 0.480. The summed E-state index contributed by atoms with van der Waals surface area (Å²) in [4.78, 5) is 22.8. The van der Waals surface area contributed by atoms with Gasteiger partial charge in [-0.3, -0.25) is 4.57 Å². The Labute approximate surface area is 126 Å². The van der Waals surface area contributed by atoms with E-state index in [1.165, 1.54) is 13.0 Å².